The zero-order chi connectivity index (χ0) is 28.9. The smallest absolute Gasteiger partial charge is 0.318 e. The molecule has 3 amide bonds. The molecule has 1 aromatic heterocycles. The molecule has 5 rings (SSSR count). The van der Waals surface area contributed by atoms with Crippen LogP contribution in [0.2, 0.25) is 5.02 Å². The number of fused-ring (bicyclic) bond motifs is 1. The second kappa shape index (κ2) is 12.7. The Morgan fingerprint density at radius 2 is 1.71 bits per heavy atom. The van der Waals surface area contributed by atoms with Crippen molar-refractivity contribution in [2.45, 2.75) is 25.4 Å². The molecule has 0 saturated carbocycles. The zero-order valence-electron chi connectivity index (χ0n) is 23.7. The number of hydrogen-bond acceptors (Lipinski definition) is 4. The van der Waals surface area contributed by atoms with Gasteiger partial charge < -0.3 is 30.3 Å². The molecular formula is C32H37ClN6O2. The van der Waals surface area contributed by atoms with E-state index in [0.29, 0.717) is 36.9 Å². The van der Waals surface area contributed by atoms with Crippen molar-refractivity contribution in [3.05, 3.63) is 95.1 Å². The number of benzene rings is 3. The highest BCUT2D eigenvalue weighted by molar-refractivity contribution is 6.33. The molecule has 3 N–H and O–H groups in total. The maximum atomic E-state index is 13.8. The normalized spacial score (nSPS) is 15.1. The third-order valence-corrected chi connectivity index (χ3v) is 7.95. The van der Waals surface area contributed by atoms with Gasteiger partial charge in [-0.3, -0.25) is 4.79 Å². The molecular weight excluding hydrogens is 536 g/mol. The highest BCUT2D eigenvalue weighted by Gasteiger charge is 2.32. The molecule has 0 unspecified atom stereocenters. The van der Waals surface area contributed by atoms with E-state index in [4.69, 9.17) is 11.6 Å². The number of urea groups is 1. The van der Waals surface area contributed by atoms with Gasteiger partial charge in [0.2, 0.25) is 5.91 Å². The first kappa shape index (κ1) is 28.5. The molecule has 1 fully saturated rings. The standard InChI is InChI=1S/C32H37ClN6O2/c1-22(26-20-34-28-13-6-4-11-25(26)28)30(31(40)35-24-10-8-9-23(19-24)21-37(2)3)36-32(41)39-17-15-38(16-18-39)29-14-7-5-12-27(29)33/h4-14,19-20,22,30,34H,15-18,21H2,1-3H3,(H,35,40)(H,36,41)/t22-,30-/m1/s1. The Bertz CT molecular complexity index is 1510. The van der Waals surface area contributed by atoms with E-state index in [0.717, 1.165) is 34.3 Å². The fraction of sp³-hybridized carbons (Fsp3) is 0.312. The SMILES string of the molecule is C[C@H](c1c[nH]c2ccccc12)[C@@H](NC(=O)N1CCN(c2ccccc2Cl)CC1)C(=O)Nc1cccc(CN(C)C)c1. The van der Waals surface area contributed by atoms with E-state index in [1.165, 1.54) is 0 Å². The summed E-state index contributed by atoms with van der Waals surface area (Å²) in [6, 6.07) is 22.5. The number of piperazine rings is 1. The minimum atomic E-state index is -0.791. The summed E-state index contributed by atoms with van der Waals surface area (Å²) in [4.78, 5) is 36.7. The molecule has 214 valence electrons. The molecule has 2 atom stereocenters. The predicted octanol–water partition coefficient (Wildman–Crippen LogP) is 5.53. The summed E-state index contributed by atoms with van der Waals surface area (Å²) in [7, 11) is 4.02. The van der Waals surface area contributed by atoms with Gasteiger partial charge in [0.25, 0.3) is 0 Å². The van der Waals surface area contributed by atoms with E-state index >= 15 is 0 Å². The van der Waals surface area contributed by atoms with Gasteiger partial charge in [0.1, 0.15) is 6.04 Å². The lowest BCUT2D eigenvalue weighted by atomic mass is 9.92. The highest BCUT2D eigenvalue weighted by Crippen LogP contribution is 2.29. The summed E-state index contributed by atoms with van der Waals surface area (Å²) in [6.45, 7) is 5.11. The topological polar surface area (TPSA) is 83.7 Å². The van der Waals surface area contributed by atoms with Crippen LogP contribution in [0.25, 0.3) is 10.9 Å². The van der Waals surface area contributed by atoms with Crippen molar-refractivity contribution < 1.29 is 9.59 Å². The number of amides is 3. The lowest BCUT2D eigenvalue weighted by Crippen LogP contribution is -2.56. The number of halogens is 1. The van der Waals surface area contributed by atoms with Crippen LogP contribution in [0.1, 0.15) is 24.0 Å². The Hall–Kier alpha value is -4.01. The van der Waals surface area contributed by atoms with Crippen molar-refractivity contribution in [1.82, 2.24) is 20.1 Å². The average molecular weight is 573 g/mol. The monoisotopic (exact) mass is 572 g/mol. The first-order valence-corrected chi connectivity index (χ1v) is 14.3. The largest absolute Gasteiger partial charge is 0.367 e. The molecule has 8 nitrogen and oxygen atoms in total. The van der Waals surface area contributed by atoms with Gasteiger partial charge in [0, 0.05) is 61.4 Å². The van der Waals surface area contributed by atoms with Crippen LogP contribution in [0.15, 0.2) is 79.0 Å². The third kappa shape index (κ3) is 6.66. The lowest BCUT2D eigenvalue weighted by Gasteiger charge is -2.37. The first-order chi connectivity index (χ1) is 19.8. The number of aromatic amines is 1. The summed E-state index contributed by atoms with van der Waals surface area (Å²) in [5, 5.41) is 7.88. The minimum absolute atomic E-state index is 0.253. The van der Waals surface area contributed by atoms with Gasteiger partial charge in [0.05, 0.1) is 10.7 Å². The predicted molar refractivity (Wildman–Crippen MR) is 167 cm³/mol. The van der Waals surface area contributed by atoms with Crippen molar-refractivity contribution in [2.75, 3.05) is 50.5 Å². The third-order valence-electron chi connectivity index (χ3n) is 7.63. The maximum absolute atomic E-state index is 13.8. The summed E-state index contributed by atoms with van der Waals surface area (Å²) >= 11 is 6.40. The van der Waals surface area contributed by atoms with Crippen LogP contribution in [0.4, 0.5) is 16.2 Å². The van der Waals surface area contributed by atoms with Gasteiger partial charge in [-0.1, -0.05) is 61.0 Å². The molecule has 0 spiro atoms. The van der Waals surface area contributed by atoms with E-state index in [-0.39, 0.29) is 17.9 Å². The van der Waals surface area contributed by atoms with Crippen LogP contribution in [0.5, 0.6) is 0 Å². The van der Waals surface area contributed by atoms with Crippen LogP contribution in [0, 0.1) is 0 Å². The number of nitrogens with zero attached hydrogens (tertiary/aromatic N) is 3. The number of carbonyl (C=O) groups is 2. The van der Waals surface area contributed by atoms with Crippen molar-refractivity contribution in [3.8, 4) is 0 Å². The molecule has 1 saturated heterocycles. The van der Waals surface area contributed by atoms with Crippen molar-refractivity contribution >= 4 is 45.8 Å². The van der Waals surface area contributed by atoms with Gasteiger partial charge in [0.15, 0.2) is 0 Å². The number of hydrogen-bond donors (Lipinski definition) is 3. The summed E-state index contributed by atoms with van der Waals surface area (Å²) in [5.41, 5.74) is 4.73. The Labute approximate surface area is 246 Å². The maximum Gasteiger partial charge on any atom is 0.318 e. The Morgan fingerprint density at radius 1 is 0.976 bits per heavy atom. The van der Waals surface area contributed by atoms with E-state index in [1.807, 2.05) is 100 Å². The van der Waals surface area contributed by atoms with Crippen molar-refractivity contribution in [1.29, 1.82) is 0 Å². The number of para-hydroxylation sites is 2. The molecule has 1 aliphatic heterocycles. The minimum Gasteiger partial charge on any atom is -0.367 e. The summed E-state index contributed by atoms with van der Waals surface area (Å²) in [6.07, 6.45) is 1.93. The van der Waals surface area contributed by atoms with Crippen LogP contribution in [-0.2, 0) is 11.3 Å². The molecule has 0 bridgehead atoms. The van der Waals surface area contributed by atoms with Crippen LogP contribution < -0.4 is 15.5 Å². The van der Waals surface area contributed by atoms with E-state index in [2.05, 4.69) is 25.4 Å². The second-order valence-electron chi connectivity index (χ2n) is 10.9. The number of carbonyl (C=O) groups excluding carboxylic acids is 2. The van der Waals surface area contributed by atoms with Crippen LogP contribution in [-0.4, -0.2) is 73.0 Å². The van der Waals surface area contributed by atoms with E-state index < -0.39 is 6.04 Å². The fourth-order valence-corrected chi connectivity index (χ4v) is 5.74. The zero-order valence-corrected chi connectivity index (χ0v) is 24.5. The molecule has 9 heteroatoms. The molecule has 2 heterocycles. The second-order valence-corrected chi connectivity index (χ2v) is 11.3. The highest BCUT2D eigenvalue weighted by atomic mass is 35.5. The molecule has 4 aromatic rings. The first-order valence-electron chi connectivity index (χ1n) is 14.0. The van der Waals surface area contributed by atoms with E-state index in [1.54, 1.807) is 4.90 Å². The van der Waals surface area contributed by atoms with Crippen LogP contribution >= 0.6 is 11.6 Å². The van der Waals surface area contributed by atoms with Crippen LogP contribution in [0.3, 0.4) is 0 Å². The Morgan fingerprint density at radius 3 is 2.46 bits per heavy atom. The van der Waals surface area contributed by atoms with Gasteiger partial charge in [-0.05, 0) is 55.6 Å². The van der Waals surface area contributed by atoms with Crippen molar-refractivity contribution in [3.63, 3.8) is 0 Å². The molecule has 0 radical (unpaired) electrons. The van der Waals surface area contributed by atoms with Gasteiger partial charge >= 0.3 is 6.03 Å². The number of rotatable bonds is 8. The molecule has 1 aliphatic rings. The Kier molecular flexibility index (Phi) is 8.81. The molecule has 0 aliphatic carbocycles. The summed E-state index contributed by atoms with van der Waals surface area (Å²) in [5.74, 6) is -0.544. The Balaban J connectivity index is 1.34. The van der Waals surface area contributed by atoms with E-state index in [9.17, 15) is 9.59 Å². The fourth-order valence-electron chi connectivity index (χ4n) is 5.48. The lowest BCUT2D eigenvalue weighted by molar-refractivity contribution is -0.118. The van der Waals surface area contributed by atoms with Crippen molar-refractivity contribution in [2.24, 2.45) is 0 Å². The number of H-pyrrole nitrogens is 1. The van der Waals surface area contributed by atoms with Gasteiger partial charge in [-0.25, -0.2) is 4.79 Å². The van der Waals surface area contributed by atoms with Gasteiger partial charge in [-0.15, -0.1) is 0 Å². The quantitative estimate of drug-likeness (QED) is 0.259. The summed E-state index contributed by atoms with van der Waals surface area (Å²) < 4.78 is 0. The van der Waals surface area contributed by atoms with Gasteiger partial charge in [-0.2, -0.15) is 0 Å². The molecule has 3 aromatic carbocycles. The average Bonchev–Trinajstić information content (AvgIpc) is 3.40. The number of aromatic nitrogens is 1. The molecule has 41 heavy (non-hydrogen) atoms. The number of anilines is 2. The number of nitrogens with one attached hydrogen (secondary N) is 3.